The van der Waals surface area contributed by atoms with E-state index < -0.39 is 11.8 Å². The molecule has 0 unspecified atom stereocenters. The van der Waals surface area contributed by atoms with Crippen molar-refractivity contribution < 1.29 is 14.3 Å². The van der Waals surface area contributed by atoms with Crippen LogP contribution in [0.2, 0.25) is 5.02 Å². The normalized spacial score (nSPS) is 10.3. The van der Waals surface area contributed by atoms with Crippen LogP contribution >= 0.6 is 11.6 Å². The fourth-order valence-electron chi connectivity index (χ4n) is 1.82. The Kier molecular flexibility index (Phi) is 4.53. The van der Waals surface area contributed by atoms with Gasteiger partial charge in [-0.1, -0.05) is 11.6 Å². The molecule has 6 heteroatoms. The molecule has 0 aliphatic carbocycles. The molecule has 1 heterocycles. The van der Waals surface area contributed by atoms with Gasteiger partial charge in [0.05, 0.1) is 6.20 Å². The minimum Gasteiger partial charge on any atom is -0.480 e. The number of nitrogens with zero attached hydrogens (tertiary/aromatic N) is 2. The molecule has 0 fully saturated rings. The first kappa shape index (κ1) is 14.3. The van der Waals surface area contributed by atoms with Crippen molar-refractivity contribution in [3.05, 3.63) is 59.1 Å². The number of anilines is 1. The number of rotatable bonds is 5. The van der Waals surface area contributed by atoms with Crippen LogP contribution in [-0.2, 0) is 11.3 Å². The number of hydrogen-bond donors (Lipinski definition) is 1. The molecule has 0 aliphatic heterocycles. The second-order valence-electron chi connectivity index (χ2n) is 4.24. The van der Waals surface area contributed by atoms with Crippen LogP contribution in [0.1, 0.15) is 5.56 Å². The Morgan fingerprint density at radius 2 is 2.00 bits per heavy atom. The van der Waals surface area contributed by atoms with Gasteiger partial charge < -0.3 is 10.0 Å². The van der Waals surface area contributed by atoms with Crippen LogP contribution in [0.4, 0.5) is 10.1 Å². The highest BCUT2D eigenvalue weighted by atomic mass is 35.5. The number of carbonyl (C=O) groups is 1. The Morgan fingerprint density at radius 1 is 1.30 bits per heavy atom. The standard InChI is InChI=1S/C14H12ClFN2O2/c15-11-1-3-13(4-2-11)18(9-14(19)20)8-10-5-12(16)7-17-6-10/h1-7H,8-9H2,(H,19,20). The zero-order valence-electron chi connectivity index (χ0n) is 10.5. The Balaban J connectivity index is 2.23. The van der Waals surface area contributed by atoms with E-state index >= 15 is 0 Å². The minimum atomic E-state index is -0.968. The molecule has 2 rings (SSSR count). The van der Waals surface area contributed by atoms with Gasteiger partial charge in [-0.25, -0.2) is 4.39 Å². The van der Waals surface area contributed by atoms with Crippen molar-refractivity contribution in [3.8, 4) is 0 Å². The average Bonchev–Trinajstić information content (AvgIpc) is 2.38. The third-order valence-corrected chi connectivity index (χ3v) is 2.90. The molecule has 4 nitrogen and oxygen atoms in total. The summed E-state index contributed by atoms with van der Waals surface area (Å²) in [6.07, 6.45) is 2.61. The number of aromatic nitrogens is 1. The lowest BCUT2D eigenvalue weighted by Gasteiger charge is -2.22. The second kappa shape index (κ2) is 6.34. The summed E-state index contributed by atoms with van der Waals surface area (Å²) in [6, 6.07) is 8.12. The molecule has 0 aliphatic rings. The highest BCUT2D eigenvalue weighted by Crippen LogP contribution is 2.20. The zero-order chi connectivity index (χ0) is 14.5. The lowest BCUT2D eigenvalue weighted by molar-refractivity contribution is -0.135. The quantitative estimate of drug-likeness (QED) is 0.921. The fraction of sp³-hybridized carbons (Fsp3) is 0.143. The van der Waals surface area contributed by atoms with E-state index in [1.807, 2.05) is 0 Å². The summed E-state index contributed by atoms with van der Waals surface area (Å²) >= 11 is 5.81. The Bertz CT molecular complexity index is 604. The van der Waals surface area contributed by atoms with E-state index in [2.05, 4.69) is 4.98 Å². The third kappa shape index (κ3) is 3.93. The highest BCUT2D eigenvalue weighted by molar-refractivity contribution is 6.30. The molecule has 2 aromatic rings. The maximum absolute atomic E-state index is 13.1. The molecule has 20 heavy (non-hydrogen) atoms. The first-order valence-electron chi connectivity index (χ1n) is 5.86. The van der Waals surface area contributed by atoms with Crippen LogP contribution in [-0.4, -0.2) is 22.6 Å². The van der Waals surface area contributed by atoms with Gasteiger partial charge in [-0.05, 0) is 35.9 Å². The summed E-state index contributed by atoms with van der Waals surface area (Å²) in [5.41, 5.74) is 1.29. The Hall–Kier alpha value is -2.14. The van der Waals surface area contributed by atoms with Gasteiger partial charge in [0.1, 0.15) is 12.4 Å². The highest BCUT2D eigenvalue weighted by Gasteiger charge is 2.12. The number of hydrogen-bond acceptors (Lipinski definition) is 3. The van der Waals surface area contributed by atoms with Gasteiger partial charge in [0.25, 0.3) is 0 Å². The Morgan fingerprint density at radius 3 is 2.60 bits per heavy atom. The van der Waals surface area contributed by atoms with Crippen LogP contribution in [0.5, 0.6) is 0 Å². The van der Waals surface area contributed by atoms with Crippen LogP contribution in [0.15, 0.2) is 42.7 Å². The van der Waals surface area contributed by atoms with Crippen molar-refractivity contribution in [2.75, 3.05) is 11.4 Å². The summed E-state index contributed by atoms with van der Waals surface area (Å²) in [5.74, 6) is -1.42. The second-order valence-corrected chi connectivity index (χ2v) is 4.67. The maximum Gasteiger partial charge on any atom is 0.323 e. The lowest BCUT2D eigenvalue weighted by atomic mass is 10.2. The van der Waals surface area contributed by atoms with Crippen molar-refractivity contribution >= 4 is 23.3 Å². The first-order valence-corrected chi connectivity index (χ1v) is 6.24. The third-order valence-electron chi connectivity index (χ3n) is 2.65. The van der Waals surface area contributed by atoms with Gasteiger partial charge in [0.2, 0.25) is 0 Å². The molecule has 0 saturated heterocycles. The zero-order valence-corrected chi connectivity index (χ0v) is 11.2. The maximum atomic E-state index is 13.1. The number of carboxylic acids is 1. The summed E-state index contributed by atoms with van der Waals surface area (Å²) < 4.78 is 13.1. The Labute approximate surface area is 120 Å². The van der Waals surface area contributed by atoms with Gasteiger partial charge in [-0.15, -0.1) is 0 Å². The van der Waals surface area contributed by atoms with E-state index in [0.717, 1.165) is 6.20 Å². The molecule has 0 radical (unpaired) electrons. The van der Waals surface area contributed by atoms with Crippen molar-refractivity contribution in [1.82, 2.24) is 4.98 Å². The molecule has 0 atom stereocenters. The molecule has 0 amide bonds. The van der Waals surface area contributed by atoms with E-state index in [0.29, 0.717) is 16.3 Å². The average molecular weight is 295 g/mol. The summed E-state index contributed by atoms with van der Waals surface area (Å²) in [6.45, 7) is 0.0524. The van der Waals surface area contributed by atoms with E-state index in [1.54, 1.807) is 29.2 Å². The molecule has 1 aromatic heterocycles. The van der Waals surface area contributed by atoms with Crippen molar-refractivity contribution in [3.63, 3.8) is 0 Å². The number of benzene rings is 1. The molecule has 104 valence electrons. The van der Waals surface area contributed by atoms with E-state index in [9.17, 15) is 9.18 Å². The van der Waals surface area contributed by atoms with Gasteiger partial charge >= 0.3 is 5.97 Å². The topological polar surface area (TPSA) is 53.4 Å². The van der Waals surface area contributed by atoms with Crippen molar-refractivity contribution in [2.24, 2.45) is 0 Å². The number of pyridine rings is 1. The minimum absolute atomic E-state index is 0.196. The predicted molar refractivity (Wildman–Crippen MR) is 74.3 cm³/mol. The molecule has 0 bridgehead atoms. The lowest BCUT2D eigenvalue weighted by Crippen LogP contribution is -2.29. The van der Waals surface area contributed by atoms with Crippen LogP contribution < -0.4 is 4.90 Å². The molecular weight excluding hydrogens is 283 g/mol. The summed E-state index contributed by atoms with van der Waals surface area (Å²) in [4.78, 5) is 16.3. The predicted octanol–water partition coefficient (Wildman–Crippen LogP) is 2.97. The molecule has 0 saturated carbocycles. The fourth-order valence-corrected chi connectivity index (χ4v) is 1.94. The molecule has 0 spiro atoms. The monoisotopic (exact) mass is 294 g/mol. The van der Waals surface area contributed by atoms with E-state index in [4.69, 9.17) is 16.7 Å². The molecular formula is C14H12ClFN2O2. The number of halogens is 2. The van der Waals surface area contributed by atoms with E-state index in [-0.39, 0.29) is 13.1 Å². The number of aliphatic carboxylic acids is 1. The van der Waals surface area contributed by atoms with Gasteiger partial charge in [-0.3, -0.25) is 9.78 Å². The molecule has 1 aromatic carbocycles. The first-order chi connectivity index (χ1) is 9.54. The van der Waals surface area contributed by atoms with Crippen LogP contribution in [0.25, 0.3) is 0 Å². The molecule has 1 N–H and O–H groups in total. The summed E-state index contributed by atoms with van der Waals surface area (Å²) in [5, 5.41) is 9.54. The number of carboxylic acid groups (broad SMARTS) is 1. The SMILES string of the molecule is O=C(O)CN(Cc1cncc(F)c1)c1ccc(Cl)cc1. The summed E-state index contributed by atoms with van der Waals surface area (Å²) in [7, 11) is 0. The smallest absolute Gasteiger partial charge is 0.323 e. The van der Waals surface area contributed by atoms with Gasteiger partial charge in [0.15, 0.2) is 0 Å². The van der Waals surface area contributed by atoms with Gasteiger partial charge in [0, 0.05) is 23.5 Å². The van der Waals surface area contributed by atoms with Crippen molar-refractivity contribution in [1.29, 1.82) is 0 Å². The van der Waals surface area contributed by atoms with Gasteiger partial charge in [-0.2, -0.15) is 0 Å². The van der Waals surface area contributed by atoms with E-state index in [1.165, 1.54) is 12.3 Å². The van der Waals surface area contributed by atoms with Crippen LogP contribution in [0, 0.1) is 5.82 Å². The van der Waals surface area contributed by atoms with Crippen LogP contribution in [0.3, 0.4) is 0 Å². The largest absolute Gasteiger partial charge is 0.480 e. The van der Waals surface area contributed by atoms with Crippen molar-refractivity contribution in [2.45, 2.75) is 6.54 Å².